The Morgan fingerprint density at radius 1 is 1.56 bits per heavy atom. The second-order valence-electron chi connectivity index (χ2n) is 3.92. The van der Waals surface area contributed by atoms with Crippen molar-refractivity contribution in [2.24, 2.45) is 5.92 Å². The largest absolute Gasteiger partial charge is 0.492 e. The van der Waals surface area contributed by atoms with E-state index in [1.165, 1.54) is 0 Å². The molecule has 0 bridgehead atoms. The van der Waals surface area contributed by atoms with Gasteiger partial charge >= 0.3 is 5.97 Å². The fourth-order valence-electron chi connectivity index (χ4n) is 1.91. The maximum Gasteiger partial charge on any atom is 0.316 e. The second kappa shape index (κ2) is 5.52. The zero-order chi connectivity index (χ0) is 13.1. The van der Waals surface area contributed by atoms with Gasteiger partial charge in [0.25, 0.3) is 0 Å². The molecule has 0 aromatic heterocycles. The minimum Gasteiger partial charge on any atom is -0.492 e. The number of hydrogen-bond acceptors (Lipinski definition) is 4. The average molecular weight is 313 g/mol. The molecule has 0 amide bonds. The van der Waals surface area contributed by atoms with Crippen molar-refractivity contribution < 1.29 is 19.1 Å². The van der Waals surface area contributed by atoms with Gasteiger partial charge in [-0.15, -0.1) is 0 Å². The number of hydrogen-bond donors (Lipinski definition) is 0. The lowest BCUT2D eigenvalue weighted by Gasteiger charge is -2.10. The van der Waals surface area contributed by atoms with Crippen LogP contribution in [0.5, 0.6) is 5.75 Å². The lowest BCUT2D eigenvalue weighted by atomic mass is 9.95. The number of ketones is 1. The summed E-state index contributed by atoms with van der Waals surface area (Å²) in [5.74, 6) is -0.962. The van der Waals surface area contributed by atoms with Crippen LogP contribution in [-0.2, 0) is 9.53 Å². The summed E-state index contributed by atoms with van der Waals surface area (Å²) in [6, 6.07) is 5.22. The van der Waals surface area contributed by atoms with Gasteiger partial charge in [0.05, 0.1) is 23.2 Å². The first-order chi connectivity index (χ1) is 8.65. The predicted octanol–water partition coefficient (Wildman–Crippen LogP) is 2.59. The SMILES string of the molecule is CCOC(=O)C1CCOc2c(Br)cccc2C1=O. The number of para-hydroxylation sites is 1. The van der Waals surface area contributed by atoms with Gasteiger partial charge in [0, 0.05) is 6.42 Å². The zero-order valence-corrected chi connectivity index (χ0v) is 11.5. The van der Waals surface area contributed by atoms with Crippen molar-refractivity contribution in [3.8, 4) is 5.75 Å². The van der Waals surface area contributed by atoms with Crippen molar-refractivity contribution in [1.29, 1.82) is 0 Å². The molecule has 0 saturated carbocycles. The highest BCUT2D eigenvalue weighted by atomic mass is 79.9. The first kappa shape index (κ1) is 13.1. The van der Waals surface area contributed by atoms with Gasteiger partial charge in [0.15, 0.2) is 5.78 Å². The van der Waals surface area contributed by atoms with Gasteiger partial charge in [-0.3, -0.25) is 9.59 Å². The Bertz CT molecular complexity index is 484. The first-order valence-corrected chi connectivity index (χ1v) is 6.56. The Hall–Kier alpha value is -1.36. The number of benzene rings is 1. The van der Waals surface area contributed by atoms with Crippen LogP contribution in [0.3, 0.4) is 0 Å². The summed E-state index contributed by atoms with van der Waals surface area (Å²) >= 11 is 3.34. The van der Waals surface area contributed by atoms with Crippen LogP contribution in [0.2, 0.25) is 0 Å². The van der Waals surface area contributed by atoms with Crippen LogP contribution in [0.15, 0.2) is 22.7 Å². The van der Waals surface area contributed by atoms with Gasteiger partial charge in [0.2, 0.25) is 0 Å². The molecule has 0 saturated heterocycles. The lowest BCUT2D eigenvalue weighted by molar-refractivity contribution is -0.146. The molecule has 1 atom stereocenters. The number of ether oxygens (including phenoxy) is 2. The molecule has 1 aliphatic rings. The van der Waals surface area contributed by atoms with E-state index in [1.54, 1.807) is 25.1 Å². The lowest BCUT2D eigenvalue weighted by Crippen LogP contribution is -2.26. The highest BCUT2D eigenvalue weighted by molar-refractivity contribution is 9.10. The second-order valence-corrected chi connectivity index (χ2v) is 4.78. The maximum atomic E-state index is 12.3. The van der Waals surface area contributed by atoms with Gasteiger partial charge in [-0.1, -0.05) is 6.07 Å². The third-order valence-electron chi connectivity index (χ3n) is 2.77. The highest BCUT2D eigenvalue weighted by Crippen LogP contribution is 2.34. The summed E-state index contributed by atoms with van der Waals surface area (Å²) in [4.78, 5) is 24.0. The minimum absolute atomic E-state index is 0.234. The molecule has 1 aromatic rings. The molecule has 0 fully saturated rings. The van der Waals surface area contributed by atoms with E-state index in [4.69, 9.17) is 9.47 Å². The molecule has 0 spiro atoms. The zero-order valence-electron chi connectivity index (χ0n) is 9.94. The number of carbonyl (C=O) groups excluding carboxylic acids is 2. The Kier molecular flexibility index (Phi) is 4.01. The van der Waals surface area contributed by atoms with Gasteiger partial charge in [-0.2, -0.15) is 0 Å². The van der Waals surface area contributed by atoms with Gasteiger partial charge in [0.1, 0.15) is 11.7 Å². The Morgan fingerprint density at radius 3 is 3.06 bits per heavy atom. The monoisotopic (exact) mass is 312 g/mol. The van der Waals surface area contributed by atoms with Crippen LogP contribution in [0.4, 0.5) is 0 Å². The molecular weight excluding hydrogens is 300 g/mol. The summed E-state index contributed by atoms with van der Waals surface area (Å²) < 4.78 is 11.2. The van der Waals surface area contributed by atoms with Crippen LogP contribution in [0.1, 0.15) is 23.7 Å². The molecule has 1 unspecified atom stereocenters. The quantitative estimate of drug-likeness (QED) is 0.622. The summed E-state index contributed by atoms with van der Waals surface area (Å²) in [7, 11) is 0. The molecule has 4 nitrogen and oxygen atoms in total. The summed E-state index contributed by atoms with van der Waals surface area (Å²) in [5.41, 5.74) is 0.430. The number of esters is 1. The van der Waals surface area contributed by atoms with Crippen LogP contribution in [-0.4, -0.2) is 25.0 Å². The van der Waals surface area contributed by atoms with Crippen LogP contribution in [0, 0.1) is 5.92 Å². The van der Waals surface area contributed by atoms with Crippen molar-refractivity contribution in [3.63, 3.8) is 0 Å². The van der Waals surface area contributed by atoms with Crippen molar-refractivity contribution >= 4 is 27.7 Å². The highest BCUT2D eigenvalue weighted by Gasteiger charge is 2.33. The smallest absolute Gasteiger partial charge is 0.316 e. The standard InChI is InChI=1S/C13H13BrO4/c1-2-17-13(16)9-6-7-18-12-8(11(9)15)4-3-5-10(12)14/h3-5,9H,2,6-7H2,1H3. The summed E-state index contributed by atoms with van der Waals surface area (Å²) in [6.07, 6.45) is 0.346. The molecule has 18 heavy (non-hydrogen) atoms. The van der Waals surface area contributed by atoms with Crippen molar-refractivity contribution in [1.82, 2.24) is 0 Å². The van der Waals surface area contributed by atoms with E-state index >= 15 is 0 Å². The molecule has 1 aliphatic heterocycles. The molecule has 1 heterocycles. The third-order valence-corrected chi connectivity index (χ3v) is 3.40. The first-order valence-electron chi connectivity index (χ1n) is 5.77. The summed E-state index contributed by atoms with van der Waals surface area (Å²) in [5, 5.41) is 0. The number of rotatable bonds is 2. The number of fused-ring (bicyclic) bond motifs is 1. The Morgan fingerprint density at radius 2 is 2.33 bits per heavy atom. The van der Waals surface area contributed by atoms with E-state index in [9.17, 15) is 9.59 Å². The van der Waals surface area contributed by atoms with E-state index in [1.807, 2.05) is 0 Å². The van der Waals surface area contributed by atoms with Gasteiger partial charge < -0.3 is 9.47 Å². The predicted molar refractivity (Wildman–Crippen MR) is 68.7 cm³/mol. The van der Waals surface area contributed by atoms with Crippen molar-refractivity contribution in [2.45, 2.75) is 13.3 Å². The minimum atomic E-state index is -0.763. The van der Waals surface area contributed by atoms with Crippen molar-refractivity contribution in [2.75, 3.05) is 13.2 Å². The van der Waals surface area contributed by atoms with Crippen LogP contribution >= 0.6 is 15.9 Å². The van der Waals surface area contributed by atoms with E-state index in [0.29, 0.717) is 24.3 Å². The molecule has 1 aromatic carbocycles. The topological polar surface area (TPSA) is 52.6 Å². The average Bonchev–Trinajstić information content (AvgIpc) is 2.51. The molecule has 5 heteroatoms. The molecule has 2 rings (SSSR count). The molecule has 96 valence electrons. The van der Waals surface area contributed by atoms with Crippen LogP contribution in [0.25, 0.3) is 0 Å². The molecule has 0 radical (unpaired) electrons. The maximum absolute atomic E-state index is 12.3. The van der Waals surface area contributed by atoms with Crippen molar-refractivity contribution in [3.05, 3.63) is 28.2 Å². The fraction of sp³-hybridized carbons (Fsp3) is 0.385. The van der Waals surface area contributed by atoms with E-state index in [2.05, 4.69) is 15.9 Å². The third kappa shape index (κ3) is 2.41. The van der Waals surface area contributed by atoms with Gasteiger partial charge in [-0.25, -0.2) is 0 Å². The van der Waals surface area contributed by atoms with Crippen LogP contribution < -0.4 is 4.74 Å². The molecule has 0 N–H and O–H groups in total. The van der Waals surface area contributed by atoms with E-state index in [-0.39, 0.29) is 12.4 Å². The number of halogens is 1. The summed E-state index contributed by atoms with van der Waals surface area (Å²) in [6.45, 7) is 2.32. The molecular formula is C13H13BrO4. The number of Topliss-reactive ketones (excluding diaryl/α,β-unsaturated/α-hetero) is 1. The number of carbonyl (C=O) groups is 2. The molecule has 0 aliphatic carbocycles. The van der Waals surface area contributed by atoms with E-state index < -0.39 is 11.9 Å². The van der Waals surface area contributed by atoms with Gasteiger partial charge in [-0.05, 0) is 35.0 Å². The van der Waals surface area contributed by atoms with E-state index in [0.717, 1.165) is 4.47 Å². The Labute approximate surface area is 113 Å². The Balaban J connectivity index is 2.35. The normalized spacial score (nSPS) is 18.6. The fourth-order valence-corrected chi connectivity index (χ4v) is 2.40.